The molecule has 0 heterocycles. The van der Waals surface area contributed by atoms with Crippen molar-refractivity contribution in [2.45, 2.75) is 18.2 Å². The van der Waals surface area contributed by atoms with E-state index in [0.717, 1.165) is 18.8 Å². The Morgan fingerprint density at radius 1 is 1.14 bits per heavy atom. The maximum absolute atomic E-state index is 6.10. The molecule has 2 unspecified atom stereocenters. The third kappa shape index (κ3) is 4.76. The summed E-state index contributed by atoms with van der Waals surface area (Å²) < 4.78 is 0. The highest BCUT2D eigenvalue weighted by molar-refractivity contribution is 6.23. The first kappa shape index (κ1) is 15.9. The second-order valence-corrected chi connectivity index (χ2v) is 5.73. The van der Waals surface area contributed by atoms with Crippen molar-refractivity contribution in [3.05, 3.63) is 65.8 Å². The van der Waals surface area contributed by atoms with Crippen LogP contribution in [0.5, 0.6) is 0 Å². The number of hydrogen-bond donors (Lipinski definition) is 2. The van der Waals surface area contributed by atoms with Crippen LogP contribution in [-0.2, 0) is 0 Å². The third-order valence-electron chi connectivity index (χ3n) is 3.67. The molecular formula is C18H23ClN2. The summed E-state index contributed by atoms with van der Waals surface area (Å²) in [4.78, 5) is 0. The van der Waals surface area contributed by atoms with Crippen molar-refractivity contribution in [1.29, 1.82) is 0 Å². The van der Waals surface area contributed by atoms with Gasteiger partial charge < -0.3 is 10.6 Å². The molecule has 1 aliphatic rings. The molecule has 112 valence electrons. The second kappa shape index (κ2) is 8.06. The molecule has 2 nitrogen and oxygen atoms in total. The van der Waals surface area contributed by atoms with Gasteiger partial charge in [-0.05, 0) is 30.3 Å². The van der Waals surface area contributed by atoms with Gasteiger partial charge >= 0.3 is 0 Å². The first-order chi connectivity index (χ1) is 10.2. The van der Waals surface area contributed by atoms with E-state index >= 15 is 0 Å². The van der Waals surface area contributed by atoms with Gasteiger partial charge in [0.15, 0.2) is 0 Å². The van der Waals surface area contributed by atoms with E-state index in [0.29, 0.717) is 5.92 Å². The highest BCUT2D eigenvalue weighted by Crippen LogP contribution is 2.27. The first-order valence-electron chi connectivity index (χ1n) is 7.40. The minimum Gasteiger partial charge on any atom is -0.384 e. The zero-order valence-electron chi connectivity index (χ0n) is 12.6. The Labute approximate surface area is 132 Å². The van der Waals surface area contributed by atoms with Gasteiger partial charge in [0.25, 0.3) is 0 Å². The van der Waals surface area contributed by atoms with E-state index in [1.807, 2.05) is 25.3 Å². The van der Waals surface area contributed by atoms with Crippen LogP contribution >= 0.6 is 11.6 Å². The lowest BCUT2D eigenvalue weighted by atomic mass is 9.92. The van der Waals surface area contributed by atoms with Crippen LogP contribution in [0.1, 0.15) is 18.4 Å². The van der Waals surface area contributed by atoms with E-state index in [9.17, 15) is 0 Å². The summed E-state index contributed by atoms with van der Waals surface area (Å²) in [6, 6.07) is 8.66. The van der Waals surface area contributed by atoms with Gasteiger partial charge in [0.2, 0.25) is 0 Å². The highest BCUT2D eigenvalue weighted by atomic mass is 35.5. The molecule has 1 aromatic rings. The van der Waals surface area contributed by atoms with Gasteiger partial charge in [-0.1, -0.05) is 49.4 Å². The molecule has 2 atom stereocenters. The number of allylic oxidation sites excluding steroid dienone is 6. The maximum atomic E-state index is 6.10. The van der Waals surface area contributed by atoms with E-state index in [-0.39, 0.29) is 5.38 Å². The molecular weight excluding hydrogens is 280 g/mol. The molecule has 0 fully saturated rings. The van der Waals surface area contributed by atoms with Crippen LogP contribution < -0.4 is 10.6 Å². The molecule has 2 rings (SSSR count). The number of rotatable bonds is 6. The summed E-state index contributed by atoms with van der Waals surface area (Å²) in [5, 5.41) is 6.50. The smallest absolute Gasteiger partial charge is 0.0703 e. The Hall–Kier alpha value is -1.51. The Morgan fingerprint density at radius 2 is 1.90 bits per heavy atom. The molecule has 0 aliphatic heterocycles. The summed E-state index contributed by atoms with van der Waals surface area (Å²) in [7, 11) is 1.96. The van der Waals surface area contributed by atoms with Crippen molar-refractivity contribution in [2.75, 3.05) is 25.5 Å². The number of likely N-dealkylation sites (N-methyl/N-ethyl adjacent to an activating group) is 1. The van der Waals surface area contributed by atoms with Crippen LogP contribution in [-0.4, -0.2) is 25.5 Å². The van der Waals surface area contributed by atoms with Crippen molar-refractivity contribution >= 4 is 17.3 Å². The topological polar surface area (TPSA) is 24.1 Å². The number of anilines is 1. The van der Waals surface area contributed by atoms with Gasteiger partial charge in [-0.3, -0.25) is 0 Å². The van der Waals surface area contributed by atoms with Crippen LogP contribution in [0.25, 0.3) is 0 Å². The lowest BCUT2D eigenvalue weighted by molar-refractivity contribution is 0.823. The van der Waals surface area contributed by atoms with E-state index in [2.05, 4.69) is 54.0 Å². The Morgan fingerprint density at radius 3 is 2.62 bits per heavy atom. The predicted octanol–water partition coefficient (Wildman–Crippen LogP) is 4.08. The number of alkyl halides is 1. The normalized spacial score (nSPS) is 19.0. The molecule has 0 spiro atoms. The predicted molar refractivity (Wildman–Crippen MR) is 93.3 cm³/mol. The molecule has 0 bridgehead atoms. The quantitative estimate of drug-likeness (QED) is 0.611. The third-order valence-corrected chi connectivity index (χ3v) is 3.96. The second-order valence-electron chi connectivity index (χ2n) is 5.23. The minimum atomic E-state index is -0.00954. The number of benzene rings is 1. The lowest BCUT2D eigenvalue weighted by Gasteiger charge is -2.14. The van der Waals surface area contributed by atoms with Crippen LogP contribution in [0.15, 0.2) is 60.2 Å². The van der Waals surface area contributed by atoms with Crippen LogP contribution in [0, 0.1) is 0 Å². The van der Waals surface area contributed by atoms with Crippen molar-refractivity contribution in [2.24, 2.45) is 0 Å². The van der Waals surface area contributed by atoms with Crippen molar-refractivity contribution < 1.29 is 0 Å². The van der Waals surface area contributed by atoms with Gasteiger partial charge in [0, 0.05) is 24.7 Å². The molecule has 3 heteroatoms. The van der Waals surface area contributed by atoms with Gasteiger partial charge in [-0.2, -0.15) is 0 Å². The molecule has 0 radical (unpaired) electrons. The number of nitrogens with one attached hydrogen (secondary N) is 2. The Balaban J connectivity index is 2.03. The standard InChI is InChI=1S/C18H23ClN2/c1-14(15-4-3-5-17(19)9-6-15)16-7-10-18(11-8-16)21-13-12-20-2/h3-11,14,17,20-21H,12-13H2,1-2H3. The number of halogens is 1. The molecule has 0 saturated heterocycles. The average molecular weight is 303 g/mol. The van der Waals surface area contributed by atoms with Crippen LogP contribution in [0.2, 0.25) is 0 Å². The summed E-state index contributed by atoms with van der Waals surface area (Å²) in [5.74, 6) is 0.360. The fraction of sp³-hybridized carbons (Fsp3) is 0.333. The molecule has 0 aromatic heterocycles. The summed E-state index contributed by atoms with van der Waals surface area (Å²) >= 11 is 6.10. The summed E-state index contributed by atoms with van der Waals surface area (Å²) in [5.41, 5.74) is 3.75. The summed E-state index contributed by atoms with van der Waals surface area (Å²) in [6.45, 7) is 4.12. The first-order valence-corrected chi connectivity index (χ1v) is 7.83. The zero-order chi connectivity index (χ0) is 15.1. The van der Waals surface area contributed by atoms with Crippen molar-refractivity contribution in [1.82, 2.24) is 5.32 Å². The molecule has 1 aromatic carbocycles. The zero-order valence-corrected chi connectivity index (χ0v) is 13.4. The summed E-state index contributed by atoms with van der Waals surface area (Å²) in [6.07, 6.45) is 10.3. The number of hydrogen-bond acceptors (Lipinski definition) is 2. The molecule has 1 aliphatic carbocycles. The fourth-order valence-corrected chi connectivity index (χ4v) is 2.45. The lowest BCUT2D eigenvalue weighted by Crippen LogP contribution is -2.17. The molecule has 0 amide bonds. The van der Waals surface area contributed by atoms with Crippen molar-refractivity contribution in [3.63, 3.8) is 0 Å². The molecule has 2 N–H and O–H groups in total. The van der Waals surface area contributed by atoms with E-state index in [1.165, 1.54) is 11.1 Å². The monoisotopic (exact) mass is 302 g/mol. The minimum absolute atomic E-state index is 0.00954. The van der Waals surface area contributed by atoms with E-state index in [4.69, 9.17) is 11.6 Å². The maximum Gasteiger partial charge on any atom is 0.0703 e. The van der Waals surface area contributed by atoms with Crippen molar-refractivity contribution in [3.8, 4) is 0 Å². The Bertz CT molecular complexity index is 529. The van der Waals surface area contributed by atoms with Gasteiger partial charge in [-0.15, -0.1) is 11.6 Å². The average Bonchev–Trinajstić information content (AvgIpc) is 2.72. The fourth-order valence-electron chi connectivity index (χ4n) is 2.30. The van der Waals surface area contributed by atoms with Crippen LogP contribution in [0.4, 0.5) is 5.69 Å². The Kier molecular flexibility index (Phi) is 6.09. The van der Waals surface area contributed by atoms with E-state index in [1.54, 1.807) is 0 Å². The van der Waals surface area contributed by atoms with E-state index < -0.39 is 0 Å². The van der Waals surface area contributed by atoms with Gasteiger partial charge in [0.1, 0.15) is 0 Å². The molecule has 0 saturated carbocycles. The van der Waals surface area contributed by atoms with Crippen LogP contribution in [0.3, 0.4) is 0 Å². The highest BCUT2D eigenvalue weighted by Gasteiger charge is 2.10. The van der Waals surface area contributed by atoms with Gasteiger partial charge in [-0.25, -0.2) is 0 Å². The SMILES string of the molecule is CNCCNc1ccc(C(C)C2=CC=CC(Cl)C=C2)cc1. The van der Waals surface area contributed by atoms with Gasteiger partial charge in [0.05, 0.1) is 5.38 Å². The largest absolute Gasteiger partial charge is 0.384 e. The molecule has 21 heavy (non-hydrogen) atoms.